The first-order chi connectivity index (χ1) is 69.4. The Labute approximate surface area is 796 Å². The number of hydrogen-bond acceptors (Lipinski definition) is 12. The molecule has 0 aliphatic heterocycles. The smallest absolute Gasteiger partial charge is 0.178 e. The molecular weight excluding hydrogens is 1710 g/mol. The zero-order valence-electron chi connectivity index (χ0n) is 75.1. The molecule has 0 fully saturated rings. The molecule has 0 saturated heterocycles. The van der Waals surface area contributed by atoms with Crippen LogP contribution in [-0.2, 0) is 51.4 Å². The molecular formula is C124H72N16. The van der Waals surface area contributed by atoms with Crippen LogP contribution in [0.1, 0.15) is 89.0 Å². The van der Waals surface area contributed by atoms with Crippen LogP contribution < -0.4 is 0 Å². The normalized spacial score (nSPS) is 13.5. The van der Waals surface area contributed by atoms with Crippen LogP contribution in [0.4, 0.5) is 0 Å². The lowest BCUT2D eigenvalue weighted by Gasteiger charge is -2.13. The zero-order valence-corrected chi connectivity index (χ0v) is 75.1. The highest BCUT2D eigenvalue weighted by atomic mass is 15.1. The molecule has 0 spiro atoms. The Bertz CT molecular complexity index is 10600. The molecule has 12 aromatic carbocycles. The van der Waals surface area contributed by atoms with Gasteiger partial charge in [-0.2, -0.15) is 0 Å². The Hall–Kier alpha value is -18.3. The Morgan fingerprint density at radius 3 is 0.914 bits per heavy atom. The third-order valence-corrected chi connectivity index (χ3v) is 32.0. The zero-order chi connectivity index (χ0) is 90.7. The maximum absolute atomic E-state index is 4.98. The van der Waals surface area contributed by atoms with Crippen molar-refractivity contribution in [2.75, 3.05) is 0 Å². The van der Waals surface area contributed by atoms with Gasteiger partial charge in [-0.25, -0.2) is 39.9 Å². The number of benzene rings is 12. The van der Waals surface area contributed by atoms with Gasteiger partial charge in [0.1, 0.15) is 22.6 Å². The largest absolute Gasteiger partial charge is 0.288 e. The van der Waals surface area contributed by atoms with Gasteiger partial charge in [0, 0.05) is 92.7 Å². The van der Waals surface area contributed by atoms with Crippen LogP contribution in [0.2, 0.25) is 0 Å². The first-order valence-electron chi connectivity index (χ1n) is 48.2. The minimum atomic E-state index is 0.767. The molecule has 0 saturated carbocycles. The number of fused-ring (bicyclic) bond motifs is 63. The molecule has 16 nitrogen and oxygen atoms in total. The van der Waals surface area contributed by atoms with Crippen molar-refractivity contribution < 1.29 is 0 Å². The van der Waals surface area contributed by atoms with Gasteiger partial charge < -0.3 is 0 Å². The fourth-order valence-corrected chi connectivity index (χ4v) is 26.3. The number of nitrogens with zero attached hydrogens (tertiary/aromatic N) is 16. The molecule has 0 bridgehead atoms. The summed E-state index contributed by atoms with van der Waals surface area (Å²) in [6.07, 6.45) is 30.5. The molecule has 16 heteroatoms. The van der Waals surface area contributed by atoms with Gasteiger partial charge in [0.25, 0.3) is 0 Å². The van der Waals surface area contributed by atoms with E-state index in [0.29, 0.717) is 0 Å². The molecule has 0 radical (unpaired) electrons. The van der Waals surface area contributed by atoms with Gasteiger partial charge in [-0.05, 0) is 360 Å². The Balaban J connectivity index is 0.0000000829. The van der Waals surface area contributed by atoms with E-state index in [9.17, 15) is 0 Å². The predicted octanol–water partition coefficient (Wildman–Crippen LogP) is 26.9. The summed E-state index contributed by atoms with van der Waals surface area (Å²) in [5, 5.41) is 14.7. The van der Waals surface area contributed by atoms with Gasteiger partial charge in [0.05, 0.1) is 68.9 Å². The maximum atomic E-state index is 4.98. The van der Waals surface area contributed by atoms with Crippen LogP contribution in [-0.4, -0.2) is 77.4 Å². The second kappa shape index (κ2) is 27.7. The lowest BCUT2D eigenvalue weighted by molar-refractivity contribution is 1.17. The van der Waals surface area contributed by atoms with Crippen molar-refractivity contribution in [2.24, 2.45) is 0 Å². The highest BCUT2D eigenvalue weighted by molar-refractivity contribution is 6.22. The molecule has 16 heterocycles. The van der Waals surface area contributed by atoms with Crippen molar-refractivity contribution in [1.29, 1.82) is 0 Å². The van der Waals surface area contributed by atoms with E-state index in [4.69, 9.17) is 19.9 Å². The van der Waals surface area contributed by atoms with Crippen LogP contribution in [0.15, 0.2) is 341 Å². The van der Waals surface area contributed by atoms with E-state index in [2.05, 4.69) is 300 Å². The number of hydrogen-bond donors (Lipinski definition) is 0. The summed E-state index contributed by atoms with van der Waals surface area (Å²) in [4.78, 5) is 56.0. The Morgan fingerprint density at radius 1 is 0.171 bits per heavy atom. The summed E-state index contributed by atoms with van der Waals surface area (Å²) in [6, 6.07) is 97.4. The molecule has 0 amide bonds. The first-order valence-corrected chi connectivity index (χ1v) is 48.2. The van der Waals surface area contributed by atoms with E-state index in [1.54, 1.807) is 0 Å². The molecule has 8 aliphatic carbocycles. The highest BCUT2D eigenvalue weighted by Crippen LogP contribution is 2.57. The van der Waals surface area contributed by atoms with Gasteiger partial charge in [-0.3, -0.25) is 37.5 Å². The van der Waals surface area contributed by atoms with Crippen LogP contribution in [0.25, 0.3) is 243 Å². The first kappa shape index (κ1) is 75.1. The predicted molar refractivity (Wildman–Crippen MR) is 559 cm³/mol. The summed E-state index contributed by atoms with van der Waals surface area (Å²) in [5.74, 6) is 0. The van der Waals surface area contributed by atoms with E-state index in [-0.39, 0.29) is 0 Å². The van der Waals surface area contributed by atoms with E-state index in [0.717, 1.165) is 141 Å². The van der Waals surface area contributed by atoms with E-state index in [1.165, 1.54) is 243 Å². The molecule has 648 valence electrons. The summed E-state index contributed by atoms with van der Waals surface area (Å²) < 4.78 is 8.87. The minimum Gasteiger partial charge on any atom is -0.288 e. The van der Waals surface area contributed by atoms with Crippen molar-refractivity contribution in [3.63, 3.8) is 0 Å². The topological polar surface area (TPSA) is 172 Å². The third-order valence-electron chi connectivity index (χ3n) is 32.0. The van der Waals surface area contributed by atoms with Gasteiger partial charge in [-0.15, -0.1) is 0 Å². The van der Waals surface area contributed by atoms with Gasteiger partial charge in [0.2, 0.25) is 0 Å². The average Bonchev–Trinajstić information content (AvgIpc) is 1.55. The standard InChI is InChI=1S/4C31H18N4/c1-2-5-19-17(4-1)14-24-20(19)8-7-18-15-25-21(28(18)24)9-10-23-29(25)22-11-13-32-16-27(22)35-26-6-3-12-33-30(26)34-31(23)35;1-2-5-19-17(4-1)14-18-7-8-20-21-9-10-23-29(25(21)15-24(20)28(18)19)22-11-13-32-16-27(22)35-26-6-3-12-33-30(26)34-31(23)35;1-2-5-18-17(4-1)14-24-19(18)7-8-20-21-9-10-23-29(26(21)15-25(20)24)22-11-13-32-16-28(22)35-27-6-3-12-33-30(27)34-31(23)35;1-2-5-20-17(4-1)12-18-13-25-19(14-24(18)20)15-26-21(25)7-8-23-29(26)22-9-11-32-16-28(22)35-27-6-3-10-33-30(27)34-31(23)35/h3*1-13,16H,14-15H2;1-11,13-14,16H,12,15H2. The second-order valence-electron chi connectivity index (χ2n) is 38.7. The number of rotatable bonds is 0. The molecule has 140 heavy (non-hydrogen) atoms. The van der Waals surface area contributed by atoms with Gasteiger partial charge in [-0.1, -0.05) is 158 Å². The number of pyridine rings is 12. The average molecular weight is 1790 g/mol. The fourth-order valence-electron chi connectivity index (χ4n) is 26.3. The number of imidazole rings is 4. The van der Waals surface area contributed by atoms with Crippen LogP contribution in [0.3, 0.4) is 0 Å². The number of aromatic nitrogens is 16. The van der Waals surface area contributed by atoms with E-state index in [1.807, 2.05) is 98.6 Å². The van der Waals surface area contributed by atoms with E-state index < -0.39 is 0 Å². The molecule has 0 unspecified atom stereocenters. The van der Waals surface area contributed by atoms with Crippen LogP contribution >= 0.6 is 0 Å². The molecule has 0 atom stereocenters. The molecule has 16 aromatic heterocycles. The summed E-state index contributed by atoms with van der Waals surface area (Å²) in [6.45, 7) is 0. The van der Waals surface area contributed by atoms with Gasteiger partial charge in [0.15, 0.2) is 22.6 Å². The Kier molecular flexibility index (Phi) is 14.9. The van der Waals surface area contributed by atoms with Crippen molar-refractivity contribution in [1.82, 2.24) is 77.4 Å². The van der Waals surface area contributed by atoms with Crippen LogP contribution in [0, 0.1) is 0 Å². The highest BCUT2D eigenvalue weighted by Gasteiger charge is 2.37. The summed E-state index contributed by atoms with van der Waals surface area (Å²) in [7, 11) is 0. The molecule has 8 aliphatic rings. The fraction of sp³-hybridized carbons (Fsp3) is 0.0645. The van der Waals surface area contributed by atoms with E-state index >= 15 is 0 Å². The van der Waals surface area contributed by atoms with Crippen molar-refractivity contribution in [2.45, 2.75) is 51.4 Å². The second-order valence-corrected chi connectivity index (χ2v) is 38.7. The molecule has 28 aromatic rings. The Morgan fingerprint density at radius 2 is 0.450 bits per heavy atom. The lowest BCUT2D eigenvalue weighted by atomic mass is 9.93. The third kappa shape index (κ3) is 10.1. The quantitative estimate of drug-likeness (QED) is 0.132. The van der Waals surface area contributed by atoms with Crippen molar-refractivity contribution >= 4 is 154 Å². The van der Waals surface area contributed by atoms with Gasteiger partial charge >= 0.3 is 0 Å². The lowest BCUT2D eigenvalue weighted by Crippen LogP contribution is -1.95. The summed E-state index contributed by atoms with van der Waals surface area (Å²) in [5.41, 5.74) is 60.4. The monoisotopic (exact) mass is 1780 g/mol. The van der Waals surface area contributed by atoms with Crippen molar-refractivity contribution in [3.8, 4) is 89.0 Å². The van der Waals surface area contributed by atoms with Crippen LogP contribution in [0.5, 0.6) is 0 Å². The molecule has 36 rings (SSSR count). The minimum absolute atomic E-state index is 0.767. The summed E-state index contributed by atoms with van der Waals surface area (Å²) >= 11 is 0. The maximum Gasteiger partial charge on any atom is 0.178 e. The molecule has 0 N–H and O–H groups in total. The van der Waals surface area contributed by atoms with Crippen molar-refractivity contribution in [3.05, 3.63) is 430 Å². The SMILES string of the molecule is c1ccc2c(c1)Cc1c-2ccc2c1-c1ccc3c(c1C2)c1ccncc1n1c2cccnc2nc31.c1ccc2c(c1)Cc1c-2ccc2c1Cc1c-2ccc2c1c1ccncc1n1c3cccnc3nc21.c1ccc2c(c1)Cc1cc3c(cc1-2)Cc1c-3ccc2c1c1ccncc1n1c3cccnc3nc21.c1ccc2c(c1)Cc1ccc3c(c1-2)Cc1c-3ccc2c1c1ccncc1n1c3cccnc3nc21.